The highest BCUT2D eigenvalue weighted by Crippen LogP contribution is 2.22. The summed E-state index contributed by atoms with van der Waals surface area (Å²) in [6, 6.07) is 3.73. The Morgan fingerprint density at radius 2 is 2.20 bits per heavy atom. The molecule has 2 rings (SSSR count). The van der Waals surface area contributed by atoms with Crippen LogP contribution >= 0.6 is 0 Å². The van der Waals surface area contributed by atoms with E-state index in [9.17, 15) is 13.2 Å². The van der Waals surface area contributed by atoms with Gasteiger partial charge >= 0.3 is 0 Å². The summed E-state index contributed by atoms with van der Waals surface area (Å²) >= 11 is 0. The zero-order chi connectivity index (χ0) is 18.6. The highest BCUT2D eigenvalue weighted by atomic mass is 32.2. The van der Waals surface area contributed by atoms with Crippen molar-refractivity contribution in [3.8, 4) is 0 Å². The van der Waals surface area contributed by atoms with Crippen LogP contribution in [0.4, 0.5) is 5.82 Å². The number of carbonyl (C=O) groups excluding carboxylic acids is 1. The molecule has 25 heavy (non-hydrogen) atoms. The largest absolute Gasteiger partial charge is 0.367 e. The van der Waals surface area contributed by atoms with Crippen LogP contribution in [0.3, 0.4) is 0 Å². The molecule has 1 aliphatic rings. The Labute approximate surface area is 150 Å². The van der Waals surface area contributed by atoms with Crippen LogP contribution in [-0.2, 0) is 10.0 Å². The summed E-state index contributed by atoms with van der Waals surface area (Å²) in [6.07, 6.45) is 4.68. The maximum Gasteiger partial charge on any atom is 0.257 e. The van der Waals surface area contributed by atoms with Gasteiger partial charge in [-0.3, -0.25) is 4.79 Å². The normalized spacial score (nSPS) is 18.6. The molecular weight excluding hydrogens is 340 g/mol. The molecule has 0 aromatic carbocycles. The van der Waals surface area contributed by atoms with Crippen molar-refractivity contribution < 1.29 is 13.2 Å². The Morgan fingerprint density at radius 1 is 1.48 bits per heavy atom. The van der Waals surface area contributed by atoms with E-state index < -0.39 is 10.0 Å². The maximum atomic E-state index is 12.9. The van der Waals surface area contributed by atoms with Gasteiger partial charge in [0.05, 0.1) is 11.8 Å². The van der Waals surface area contributed by atoms with E-state index in [2.05, 4.69) is 10.3 Å². The lowest BCUT2D eigenvalue weighted by Crippen LogP contribution is -2.44. The number of hydrogen-bond acceptors (Lipinski definition) is 5. The molecule has 0 bridgehead atoms. The highest BCUT2D eigenvalue weighted by Gasteiger charge is 2.28. The van der Waals surface area contributed by atoms with Crippen molar-refractivity contribution in [2.75, 3.05) is 38.3 Å². The van der Waals surface area contributed by atoms with Crippen LogP contribution in [0, 0.1) is 5.92 Å². The average molecular weight is 369 g/mol. The summed E-state index contributed by atoms with van der Waals surface area (Å²) in [5, 5.41) is 3.21. The van der Waals surface area contributed by atoms with Crippen LogP contribution in [-0.4, -0.2) is 67.5 Å². The van der Waals surface area contributed by atoms with Crippen molar-refractivity contribution in [2.24, 2.45) is 5.92 Å². The Morgan fingerprint density at radius 3 is 2.84 bits per heavy atom. The fourth-order valence-electron chi connectivity index (χ4n) is 3.03. The van der Waals surface area contributed by atoms with Crippen LogP contribution in [0.15, 0.2) is 18.3 Å². The lowest BCUT2D eigenvalue weighted by atomic mass is 9.97. The molecule has 1 aromatic heterocycles. The Hall–Kier alpha value is -1.67. The van der Waals surface area contributed by atoms with Gasteiger partial charge < -0.3 is 10.2 Å². The number of rotatable bonds is 6. The third-order valence-corrected chi connectivity index (χ3v) is 5.63. The fraction of sp³-hybridized carbons (Fsp3) is 0.647. The molecule has 1 amide bonds. The van der Waals surface area contributed by atoms with E-state index in [4.69, 9.17) is 0 Å². The molecule has 1 atom stereocenters. The predicted octanol–water partition coefficient (Wildman–Crippen LogP) is 1.65. The second-order valence-electron chi connectivity index (χ2n) is 7.00. The summed E-state index contributed by atoms with van der Waals surface area (Å²) in [4.78, 5) is 19.0. The van der Waals surface area contributed by atoms with Crippen LogP contribution in [0.2, 0.25) is 0 Å². The van der Waals surface area contributed by atoms with Gasteiger partial charge in [-0.15, -0.1) is 0 Å². The number of aromatic nitrogens is 1. The number of amides is 1. The number of hydrogen-bond donors (Lipinski definition) is 1. The molecule has 0 aliphatic carbocycles. The number of sulfonamides is 1. The summed E-state index contributed by atoms with van der Waals surface area (Å²) in [6.45, 7) is 5.69. The van der Waals surface area contributed by atoms with E-state index in [1.165, 1.54) is 10.6 Å². The Kier molecular flexibility index (Phi) is 6.40. The minimum absolute atomic E-state index is 0.0528. The monoisotopic (exact) mass is 368 g/mol. The molecule has 8 heteroatoms. The van der Waals surface area contributed by atoms with E-state index in [1.54, 1.807) is 25.4 Å². The number of likely N-dealkylation sites (tertiary alicyclic amines) is 1. The smallest absolute Gasteiger partial charge is 0.257 e. The van der Waals surface area contributed by atoms with Gasteiger partial charge in [0, 0.05) is 38.9 Å². The fourth-order valence-corrected chi connectivity index (χ4v) is 3.52. The van der Waals surface area contributed by atoms with E-state index >= 15 is 0 Å². The molecule has 1 N–H and O–H groups in total. The first-order valence-electron chi connectivity index (χ1n) is 8.60. The minimum atomic E-state index is -3.20. The lowest BCUT2D eigenvalue weighted by molar-refractivity contribution is 0.0665. The minimum Gasteiger partial charge on any atom is -0.367 e. The standard InChI is InChI=1S/C17H28N4O3S/c1-13(2)19-16-15(8-5-9-18-16)17(22)21-10-6-7-14(12-21)11-20(3)25(4,23)24/h5,8-9,13-14H,6-7,10-12H2,1-4H3,(H,18,19). The van der Waals surface area contributed by atoms with Gasteiger partial charge in [-0.2, -0.15) is 0 Å². The van der Waals surface area contributed by atoms with E-state index in [-0.39, 0.29) is 17.9 Å². The number of nitrogens with zero attached hydrogens (tertiary/aromatic N) is 3. The number of pyridine rings is 1. The quantitative estimate of drug-likeness (QED) is 0.825. The summed E-state index contributed by atoms with van der Waals surface area (Å²) < 4.78 is 24.6. The van der Waals surface area contributed by atoms with Gasteiger partial charge in [0.25, 0.3) is 5.91 Å². The lowest BCUT2D eigenvalue weighted by Gasteiger charge is -2.34. The molecule has 1 fully saturated rings. The van der Waals surface area contributed by atoms with Gasteiger partial charge in [-0.1, -0.05) is 0 Å². The van der Waals surface area contributed by atoms with Gasteiger partial charge in [-0.05, 0) is 44.7 Å². The molecule has 0 spiro atoms. The molecule has 0 saturated carbocycles. The summed E-state index contributed by atoms with van der Waals surface area (Å²) in [7, 11) is -1.62. The molecular formula is C17H28N4O3S. The van der Waals surface area contributed by atoms with Crippen molar-refractivity contribution in [1.29, 1.82) is 0 Å². The zero-order valence-electron chi connectivity index (χ0n) is 15.4. The third-order valence-electron chi connectivity index (χ3n) is 4.35. The van der Waals surface area contributed by atoms with Crippen LogP contribution in [0.5, 0.6) is 0 Å². The second-order valence-corrected chi connectivity index (χ2v) is 9.09. The van der Waals surface area contributed by atoms with E-state index in [0.29, 0.717) is 31.0 Å². The molecule has 2 heterocycles. The highest BCUT2D eigenvalue weighted by molar-refractivity contribution is 7.88. The summed E-state index contributed by atoms with van der Waals surface area (Å²) in [5.41, 5.74) is 0.563. The molecule has 1 unspecified atom stereocenters. The van der Waals surface area contributed by atoms with Gasteiger partial charge in [0.15, 0.2) is 0 Å². The van der Waals surface area contributed by atoms with E-state index in [0.717, 1.165) is 12.8 Å². The zero-order valence-corrected chi connectivity index (χ0v) is 16.2. The van der Waals surface area contributed by atoms with Crippen molar-refractivity contribution in [2.45, 2.75) is 32.7 Å². The molecule has 140 valence electrons. The number of carbonyl (C=O) groups is 1. The molecule has 0 radical (unpaired) electrons. The predicted molar refractivity (Wildman–Crippen MR) is 99.1 cm³/mol. The van der Waals surface area contributed by atoms with Gasteiger partial charge in [0.1, 0.15) is 5.82 Å². The van der Waals surface area contributed by atoms with Crippen LogP contribution < -0.4 is 5.32 Å². The number of nitrogens with one attached hydrogen (secondary N) is 1. The first kappa shape index (κ1) is 19.7. The molecule has 1 saturated heterocycles. The average Bonchev–Trinajstić information content (AvgIpc) is 2.53. The maximum absolute atomic E-state index is 12.9. The number of anilines is 1. The van der Waals surface area contributed by atoms with Crippen LogP contribution in [0.25, 0.3) is 0 Å². The molecule has 1 aliphatic heterocycles. The first-order valence-corrected chi connectivity index (χ1v) is 10.5. The SMILES string of the molecule is CC(C)Nc1ncccc1C(=O)N1CCCC(CN(C)S(C)(=O)=O)C1. The van der Waals surface area contributed by atoms with Crippen molar-refractivity contribution >= 4 is 21.7 Å². The van der Waals surface area contributed by atoms with Gasteiger partial charge in [0.2, 0.25) is 10.0 Å². The topological polar surface area (TPSA) is 82.6 Å². The van der Waals surface area contributed by atoms with Crippen molar-refractivity contribution in [3.05, 3.63) is 23.9 Å². The van der Waals surface area contributed by atoms with Crippen LogP contribution in [0.1, 0.15) is 37.0 Å². The first-order chi connectivity index (χ1) is 11.7. The Balaban J connectivity index is 2.10. The second kappa shape index (κ2) is 8.14. The van der Waals surface area contributed by atoms with Gasteiger partial charge in [-0.25, -0.2) is 17.7 Å². The Bertz CT molecular complexity index is 706. The third kappa shape index (κ3) is 5.40. The van der Waals surface area contributed by atoms with E-state index in [1.807, 2.05) is 18.7 Å². The van der Waals surface area contributed by atoms with Crippen molar-refractivity contribution in [1.82, 2.24) is 14.2 Å². The molecule has 7 nitrogen and oxygen atoms in total. The van der Waals surface area contributed by atoms with Crippen molar-refractivity contribution in [3.63, 3.8) is 0 Å². The molecule has 1 aromatic rings. The number of piperidine rings is 1. The summed E-state index contributed by atoms with van der Waals surface area (Å²) in [5.74, 6) is 0.691.